The van der Waals surface area contributed by atoms with Crippen LogP contribution < -0.4 is 0 Å². The summed E-state index contributed by atoms with van der Waals surface area (Å²) in [6.07, 6.45) is 5.40. The van der Waals surface area contributed by atoms with Gasteiger partial charge >= 0.3 is 0 Å². The first-order valence-corrected chi connectivity index (χ1v) is 8.76. The SMILES string of the molecule is CCN(CCn1cccn1)C(=O)c1cccc(-c2nc(C)cnc2C)c1. The third-order valence-electron chi connectivity index (χ3n) is 4.29. The van der Waals surface area contributed by atoms with E-state index in [9.17, 15) is 4.79 Å². The average Bonchev–Trinajstić information content (AvgIpc) is 3.17. The molecule has 0 bridgehead atoms. The highest BCUT2D eigenvalue weighted by molar-refractivity contribution is 5.95. The smallest absolute Gasteiger partial charge is 0.253 e. The maximum Gasteiger partial charge on any atom is 0.253 e. The summed E-state index contributed by atoms with van der Waals surface area (Å²) in [7, 11) is 0. The number of benzene rings is 1. The first-order chi connectivity index (χ1) is 12.6. The molecule has 0 aliphatic rings. The quantitative estimate of drug-likeness (QED) is 0.686. The van der Waals surface area contributed by atoms with Crippen LogP contribution in [0.25, 0.3) is 11.3 Å². The molecule has 0 radical (unpaired) electrons. The monoisotopic (exact) mass is 349 g/mol. The maximum absolute atomic E-state index is 12.9. The normalized spacial score (nSPS) is 10.7. The van der Waals surface area contributed by atoms with Gasteiger partial charge in [0, 0.05) is 42.8 Å². The van der Waals surface area contributed by atoms with E-state index in [1.165, 1.54) is 0 Å². The van der Waals surface area contributed by atoms with Crippen molar-refractivity contribution in [2.75, 3.05) is 13.1 Å². The Labute approximate surface area is 153 Å². The molecular formula is C20H23N5O. The number of carbonyl (C=O) groups is 1. The largest absolute Gasteiger partial charge is 0.337 e. The summed E-state index contributed by atoms with van der Waals surface area (Å²) in [5.41, 5.74) is 4.10. The zero-order valence-corrected chi connectivity index (χ0v) is 15.4. The van der Waals surface area contributed by atoms with Gasteiger partial charge in [0.2, 0.25) is 0 Å². The van der Waals surface area contributed by atoms with Crippen molar-refractivity contribution < 1.29 is 4.79 Å². The molecule has 0 atom stereocenters. The number of likely N-dealkylation sites (N-methyl/N-ethyl adjacent to an activating group) is 1. The van der Waals surface area contributed by atoms with Crippen molar-refractivity contribution in [2.24, 2.45) is 0 Å². The van der Waals surface area contributed by atoms with Crippen molar-refractivity contribution in [1.82, 2.24) is 24.6 Å². The van der Waals surface area contributed by atoms with Crippen LogP contribution in [0.2, 0.25) is 0 Å². The standard InChI is InChI=1S/C20H23N5O/c1-4-24(11-12-25-10-6-9-22-25)20(26)18-8-5-7-17(13-18)19-16(3)21-14-15(2)23-19/h5-10,13-14H,4,11-12H2,1-3H3. The lowest BCUT2D eigenvalue weighted by atomic mass is 10.1. The molecule has 0 unspecified atom stereocenters. The van der Waals surface area contributed by atoms with E-state index in [0.717, 1.165) is 22.6 Å². The Balaban J connectivity index is 1.81. The lowest BCUT2D eigenvalue weighted by Gasteiger charge is -2.21. The highest BCUT2D eigenvalue weighted by Gasteiger charge is 2.16. The summed E-state index contributed by atoms with van der Waals surface area (Å²) < 4.78 is 1.83. The van der Waals surface area contributed by atoms with E-state index in [1.807, 2.05) is 66.9 Å². The van der Waals surface area contributed by atoms with E-state index in [0.29, 0.717) is 25.2 Å². The van der Waals surface area contributed by atoms with Crippen molar-refractivity contribution in [3.8, 4) is 11.3 Å². The molecule has 3 aromatic rings. The van der Waals surface area contributed by atoms with E-state index in [-0.39, 0.29) is 5.91 Å². The molecule has 0 aliphatic carbocycles. The summed E-state index contributed by atoms with van der Waals surface area (Å²) >= 11 is 0. The molecule has 26 heavy (non-hydrogen) atoms. The fourth-order valence-corrected chi connectivity index (χ4v) is 2.85. The number of aromatic nitrogens is 4. The highest BCUT2D eigenvalue weighted by atomic mass is 16.2. The molecule has 2 aromatic heterocycles. The molecular weight excluding hydrogens is 326 g/mol. The van der Waals surface area contributed by atoms with Crippen LogP contribution in [-0.2, 0) is 6.54 Å². The minimum Gasteiger partial charge on any atom is -0.337 e. The number of rotatable bonds is 6. The molecule has 0 N–H and O–H groups in total. The zero-order chi connectivity index (χ0) is 18.5. The highest BCUT2D eigenvalue weighted by Crippen LogP contribution is 2.22. The molecule has 134 valence electrons. The average molecular weight is 349 g/mol. The van der Waals surface area contributed by atoms with Gasteiger partial charge in [0.05, 0.1) is 23.6 Å². The van der Waals surface area contributed by atoms with Gasteiger partial charge in [-0.3, -0.25) is 14.5 Å². The lowest BCUT2D eigenvalue weighted by Crippen LogP contribution is -2.33. The molecule has 6 heteroatoms. The number of hydrogen-bond donors (Lipinski definition) is 0. The molecule has 1 amide bonds. The van der Waals surface area contributed by atoms with Gasteiger partial charge in [0.1, 0.15) is 0 Å². The van der Waals surface area contributed by atoms with Crippen LogP contribution in [0, 0.1) is 13.8 Å². The number of carbonyl (C=O) groups excluding carboxylic acids is 1. The van der Waals surface area contributed by atoms with Crippen molar-refractivity contribution in [2.45, 2.75) is 27.3 Å². The van der Waals surface area contributed by atoms with Gasteiger partial charge in [-0.25, -0.2) is 4.98 Å². The number of hydrogen-bond acceptors (Lipinski definition) is 4. The number of nitrogens with zero attached hydrogens (tertiary/aromatic N) is 5. The maximum atomic E-state index is 12.9. The van der Waals surface area contributed by atoms with E-state index in [1.54, 1.807) is 12.4 Å². The van der Waals surface area contributed by atoms with Crippen LogP contribution in [0.4, 0.5) is 0 Å². The van der Waals surface area contributed by atoms with Gasteiger partial charge in [-0.15, -0.1) is 0 Å². The third kappa shape index (κ3) is 3.96. The summed E-state index contributed by atoms with van der Waals surface area (Å²) in [6, 6.07) is 9.49. The van der Waals surface area contributed by atoms with Crippen molar-refractivity contribution in [3.63, 3.8) is 0 Å². The molecule has 0 saturated carbocycles. The van der Waals surface area contributed by atoms with Gasteiger partial charge in [-0.05, 0) is 39.0 Å². The van der Waals surface area contributed by atoms with Crippen LogP contribution in [0.5, 0.6) is 0 Å². The molecule has 1 aromatic carbocycles. The predicted molar refractivity (Wildman–Crippen MR) is 101 cm³/mol. The van der Waals surface area contributed by atoms with E-state index < -0.39 is 0 Å². The van der Waals surface area contributed by atoms with E-state index >= 15 is 0 Å². The van der Waals surface area contributed by atoms with Gasteiger partial charge in [-0.1, -0.05) is 12.1 Å². The Bertz CT molecular complexity index is 889. The van der Waals surface area contributed by atoms with Gasteiger partial charge in [0.15, 0.2) is 0 Å². The molecule has 0 aliphatic heterocycles. The minimum atomic E-state index is 0.0137. The molecule has 0 saturated heterocycles. The van der Waals surface area contributed by atoms with Crippen molar-refractivity contribution in [1.29, 1.82) is 0 Å². The molecule has 0 spiro atoms. The van der Waals surface area contributed by atoms with Gasteiger partial charge in [-0.2, -0.15) is 5.10 Å². The summed E-state index contributed by atoms with van der Waals surface area (Å²) in [5.74, 6) is 0.0137. The summed E-state index contributed by atoms with van der Waals surface area (Å²) in [6.45, 7) is 7.77. The van der Waals surface area contributed by atoms with Crippen molar-refractivity contribution in [3.05, 3.63) is 65.9 Å². The Morgan fingerprint density at radius 1 is 1.23 bits per heavy atom. The first-order valence-electron chi connectivity index (χ1n) is 8.76. The van der Waals surface area contributed by atoms with E-state index in [4.69, 9.17) is 0 Å². The molecule has 2 heterocycles. The zero-order valence-electron chi connectivity index (χ0n) is 15.4. The van der Waals surface area contributed by atoms with Crippen LogP contribution in [-0.4, -0.2) is 43.6 Å². The third-order valence-corrected chi connectivity index (χ3v) is 4.29. The summed E-state index contributed by atoms with van der Waals surface area (Å²) in [5, 5.41) is 4.19. The topological polar surface area (TPSA) is 63.9 Å². The van der Waals surface area contributed by atoms with Crippen molar-refractivity contribution >= 4 is 5.91 Å². The van der Waals surface area contributed by atoms with Crippen LogP contribution in [0.3, 0.4) is 0 Å². The fraction of sp³-hybridized carbons (Fsp3) is 0.300. The molecule has 6 nitrogen and oxygen atoms in total. The second kappa shape index (κ2) is 7.91. The second-order valence-electron chi connectivity index (χ2n) is 6.18. The Morgan fingerprint density at radius 2 is 2.08 bits per heavy atom. The van der Waals surface area contributed by atoms with Crippen LogP contribution in [0.15, 0.2) is 48.9 Å². The second-order valence-corrected chi connectivity index (χ2v) is 6.18. The fourth-order valence-electron chi connectivity index (χ4n) is 2.85. The van der Waals surface area contributed by atoms with Gasteiger partial charge < -0.3 is 4.90 Å². The predicted octanol–water partition coefficient (Wildman–Crippen LogP) is 3.12. The lowest BCUT2D eigenvalue weighted by molar-refractivity contribution is 0.0757. The first kappa shape index (κ1) is 17.8. The number of aryl methyl sites for hydroxylation is 2. The Morgan fingerprint density at radius 3 is 2.81 bits per heavy atom. The van der Waals surface area contributed by atoms with E-state index in [2.05, 4.69) is 15.1 Å². The van der Waals surface area contributed by atoms with Crippen LogP contribution >= 0.6 is 0 Å². The Kier molecular flexibility index (Phi) is 5.41. The summed E-state index contributed by atoms with van der Waals surface area (Å²) in [4.78, 5) is 23.7. The number of amides is 1. The molecule has 3 rings (SSSR count). The van der Waals surface area contributed by atoms with Gasteiger partial charge in [0.25, 0.3) is 5.91 Å². The minimum absolute atomic E-state index is 0.0137. The van der Waals surface area contributed by atoms with Crippen LogP contribution in [0.1, 0.15) is 28.7 Å². The molecule has 0 fully saturated rings. The Hall–Kier alpha value is -3.02.